The predicted molar refractivity (Wildman–Crippen MR) is 82.0 cm³/mol. The smallest absolute Gasteiger partial charge is 0.00387 e. The van der Waals surface area contributed by atoms with Gasteiger partial charge in [-0.05, 0) is 52.0 Å². The minimum atomic E-state index is 0.723. The fraction of sp³-hybridized carbons (Fsp3) is 0.882. The van der Waals surface area contributed by atoms with Gasteiger partial charge in [0, 0.05) is 6.04 Å². The first kappa shape index (κ1) is 15.8. The molecule has 0 saturated heterocycles. The minimum absolute atomic E-state index is 0.723. The Bertz CT molecular complexity index is 198. The summed E-state index contributed by atoms with van der Waals surface area (Å²) in [6.45, 7) is 3.57. The Morgan fingerprint density at radius 2 is 1.28 bits per heavy atom. The lowest BCUT2D eigenvalue weighted by Gasteiger charge is -2.13. The standard InChI is InChI=1S/C17H33N/c1-17-15-13-11-9-7-5-3-2-4-6-8-10-12-14-16-18-17/h2-3,17-18H,4-16H2,1H3/b3-2+. The summed E-state index contributed by atoms with van der Waals surface area (Å²) in [5, 5.41) is 3.66. The molecule has 1 nitrogen and oxygen atoms in total. The van der Waals surface area contributed by atoms with Gasteiger partial charge >= 0.3 is 0 Å². The zero-order chi connectivity index (χ0) is 12.9. The molecule has 1 unspecified atom stereocenters. The van der Waals surface area contributed by atoms with Crippen molar-refractivity contribution >= 4 is 0 Å². The molecule has 1 rings (SSSR count). The molecule has 0 spiro atoms. The maximum absolute atomic E-state index is 3.66. The molecule has 0 bridgehead atoms. The number of hydrogen-bond donors (Lipinski definition) is 1. The van der Waals surface area contributed by atoms with Gasteiger partial charge in [0.15, 0.2) is 0 Å². The quantitative estimate of drug-likeness (QED) is 0.582. The van der Waals surface area contributed by atoms with Crippen molar-refractivity contribution in [2.24, 2.45) is 0 Å². The van der Waals surface area contributed by atoms with Gasteiger partial charge in [0.2, 0.25) is 0 Å². The maximum atomic E-state index is 3.66. The second-order valence-electron chi connectivity index (χ2n) is 5.87. The highest BCUT2D eigenvalue weighted by molar-refractivity contribution is 4.81. The van der Waals surface area contributed by atoms with Crippen molar-refractivity contribution in [1.29, 1.82) is 0 Å². The van der Waals surface area contributed by atoms with Crippen molar-refractivity contribution in [2.75, 3.05) is 6.54 Å². The van der Waals surface area contributed by atoms with Gasteiger partial charge in [0.25, 0.3) is 0 Å². The van der Waals surface area contributed by atoms with Crippen LogP contribution < -0.4 is 5.32 Å². The first-order valence-corrected chi connectivity index (χ1v) is 8.28. The van der Waals surface area contributed by atoms with E-state index >= 15 is 0 Å². The molecule has 0 amide bonds. The number of nitrogens with one attached hydrogen (secondary N) is 1. The van der Waals surface area contributed by atoms with E-state index in [-0.39, 0.29) is 0 Å². The first-order chi connectivity index (χ1) is 8.89. The van der Waals surface area contributed by atoms with Crippen LogP contribution in [0.2, 0.25) is 0 Å². The Hall–Kier alpha value is -0.300. The molecule has 1 atom stereocenters. The van der Waals surface area contributed by atoms with Gasteiger partial charge in [-0.3, -0.25) is 0 Å². The molecule has 1 N–H and O–H groups in total. The second kappa shape index (κ2) is 11.8. The molecule has 1 heteroatoms. The van der Waals surface area contributed by atoms with Crippen LogP contribution >= 0.6 is 0 Å². The summed E-state index contributed by atoms with van der Waals surface area (Å²) in [6.07, 6.45) is 21.4. The van der Waals surface area contributed by atoms with E-state index in [4.69, 9.17) is 0 Å². The molecule has 0 aromatic rings. The van der Waals surface area contributed by atoms with Gasteiger partial charge in [-0.2, -0.15) is 0 Å². The maximum Gasteiger partial charge on any atom is 0.00387 e. The molecule has 0 aromatic heterocycles. The van der Waals surface area contributed by atoms with Crippen molar-refractivity contribution in [3.63, 3.8) is 0 Å². The van der Waals surface area contributed by atoms with Crippen LogP contribution in [0.15, 0.2) is 12.2 Å². The summed E-state index contributed by atoms with van der Waals surface area (Å²) < 4.78 is 0. The summed E-state index contributed by atoms with van der Waals surface area (Å²) >= 11 is 0. The molecule has 0 fully saturated rings. The topological polar surface area (TPSA) is 12.0 Å². The average Bonchev–Trinajstić information content (AvgIpc) is 2.37. The number of rotatable bonds is 0. The van der Waals surface area contributed by atoms with E-state index < -0.39 is 0 Å². The zero-order valence-corrected chi connectivity index (χ0v) is 12.4. The third-order valence-corrected chi connectivity index (χ3v) is 3.96. The Balaban J connectivity index is 2.15. The number of allylic oxidation sites excluding steroid dienone is 2. The van der Waals surface area contributed by atoms with Crippen LogP contribution in [0.3, 0.4) is 0 Å². The van der Waals surface area contributed by atoms with E-state index in [1.807, 2.05) is 0 Å². The monoisotopic (exact) mass is 251 g/mol. The molecule has 1 aliphatic rings. The van der Waals surface area contributed by atoms with Crippen LogP contribution in [0, 0.1) is 0 Å². The summed E-state index contributed by atoms with van der Waals surface area (Å²) in [6, 6.07) is 0.723. The highest BCUT2D eigenvalue weighted by atomic mass is 14.9. The Kier molecular flexibility index (Phi) is 10.3. The van der Waals surface area contributed by atoms with E-state index in [9.17, 15) is 0 Å². The fourth-order valence-corrected chi connectivity index (χ4v) is 2.67. The predicted octanol–water partition coefficient (Wildman–Crippen LogP) is 5.22. The van der Waals surface area contributed by atoms with Crippen molar-refractivity contribution in [2.45, 2.75) is 90.0 Å². The fourth-order valence-electron chi connectivity index (χ4n) is 2.67. The lowest BCUT2D eigenvalue weighted by molar-refractivity contribution is 0.468. The summed E-state index contributed by atoms with van der Waals surface area (Å²) in [5.41, 5.74) is 0. The van der Waals surface area contributed by atoms with Crippen molar-refractivity contribution < 1.29 is 0 Å². The molecular weight excluding hydrogens is 218 g/mol. The van der Waals surface area contributed by atoms with Crippen LogP contribution in [0.5, 0.6) is 0 Å². The lowest BCUT2D eigenvalue weighted by Crippen LogP contribution is -2.26. The first-order valence-electron chi connectivity index (χ1n) is 8.28. The molecule has 1 heterocycles. The summed E-state index contributed by atoms with van der Waals surface area (Å²) in [5.74, 6) is 0. The van der Waals surface area contributed by atoms with Crippen molar-refractivity contribution in [3.05, 3.63) is 12.2 Å². The highest BCUT2D eigenvalue weighted by Crippen LogP contribution is 2.10. The molecule has 0 aromatic carbocycles. The van der Waals surface area contributed by atoms with E-state index in [0.29, 0.717) is 0 Å². The Labute approximate surface area is 114 Å². The van der Waals surface area contributed by atoms with Gasteiger partial charge < -0.3 is 5.32 Å². The van der Waals surface area contributed by atoms with Crippen molar-refractivity contribution in [1.82, 2.24) is 5.32 Å². The van der Waals surface area contributed by atoms with Gasteiger partial charge in [0.05, 0.1) is 0 Å². The molecule has 0 aliphatic carbocycles. The molecule has 0 radical (unpaired) electrons. The zero-order valence-electron chi connectivity index (χ0n) is 12.4. The van der Waals surface area contributed by atoms with Gasteiger partial charge in [-0.15, -0.1) is 0 Å². The van der Waals surface area contributed by atoms with E-state index in [1.165, 1.54) is 83.6 Å². The number of hydrogen-bond acceptors (Lipinski definition) is 1. The van der Waals surface area contributed by atoms with Gasteiger partial charge in [-0.25, -0.2) is 0 Å². The molecule has 18 heavy (non-hydrogen) atoms. The summed E-state index contributed by atoms with van der Waals surface area (Å²) in [7, 11) is 0. The van der Waals surface area contributed by atoms with Crippen LogP contribution in [0.1, 0.15) is 84.0 Å². The minimum Gasteiger partial charge on any atom is -0.314 e. The van der Waals surface area contributed by atoms with E-state index in [0.717, 1.165) is 6.04 Å². The molecule has 106 valence electrons. The van der Waals surface area contributed by atoms with E-state index in [1.54, 1.807) is 0 Å². The van der Waals surface area contributed by atoms with Gasteiger partial charge in [0.1, 0.15) is 0 Å². The van der Waals surface area contributed by atoms with Crippen LogP contribution in [-0.2, 0) is 0 Å². The summed E-state index contributed by atoms with van der Waals surface area (Å²) in [4.78, 5) is 0. The molecular formula is C17H33N. The average molecular weight is 251 g/mol. The normalized spacial score (nSPS) is 28.4. The molecule has 0 saturated carbocycles. The SMILES string of the molecule is CC1CCCCCC/C=C/CCCCCCCN1. The third-order valence-electron chi connectivity index (χ3n) is 3.96. The molecule has 1 aliphatic heterocycles. The largest absolute Gasteiger partial charge is 0.314 e. The van der Waals surface area contributed by atoms with E-state index in [2.05, 4.69) is 24.4 Å². The van der Waals surface area contributed by atoms with Crippen LogP contribution in [0.4, 0.5) is 0 Å². The Morgan fingerprint density at radius 3 is 2.00 bits per heavy atom. The Morgan fingerprint density at radius 1 is 0.722 bits per heavy atom. The van der Waals surface area contributed by atoms with Gasteiger partial charge in [-0.1, -0.05) is 50.7 Å². The van der Waals surface area contributed by atoms with Crippen molar-refractivity contribution in [3.8, 4) is 0 Å². The van der Waals surface area contributed by atoms with Crippen LogP contribution in [-0.4, -0.2) is 12.6 Å². The second-order valence-corrected chi connectivity index (χ2v) is 5.87. The highest BCUT2D eigenvalue weighted by Gasteiger charge is 2.00. The lowest BCUT2D eigenvalue weighted by atomic mass is 10.1. The third kappa shape index (κ3) is 9.70. The van der Waals surface area contributed by atoms with Crippen LogP contribution in [0.25, 0.3) is 0 Å².